The fourth-order valence-electron chi connectivity index (χ4n) is 1.82. The Morgan fingerprint density at radius 2 is 2.06 bits per heavy atom. The fraction of sp³-hybridized carbons (Fsp3) is 0.308. The zero-order valence-corrected chi connectivity index (χ0v) is 10.2. The van der Waals surface area contributed by atoms with Crippen molar-refractivity contribution < 1.29 is 0 Å². The first-order chi connectivity index (χ1) is 7.79. The molecule has 2 N–H and O–H groups in total. The highest BCUT2D eigenvalue weighted by molar-refractivity contribution is 7.09. The minimum atomic E-state index is 0.377. The van der Waals surface area contributed by atoms with Crippen LogP contribution in [0, 0.1) is 6.92 Å². The second-order valence-electron chi connectivity index (χ2n) is 3.91. The maximum atomic E-state index is 5.84. The number of aryl methyl sites for hydroxylation is 1. The van der Waals surface area contributed by atoms with Crippen LogP contribution in [0.4, 0.5) is 0 Å². The smallest absolute Gasteiger partial charge is 0.0897 e. The van der Waals surface area contributed by atoms with Gasteiger partial charge < -0.3 is 5.73 Å². The zero-order valence-electron chi connectivity index (χ0n) is 9.39. The normalized spacial score (nSPS) is 12.6. The molecule has 0 bridgehead atoms. The minimum absolute atomic E-state index is 0.377. The number of aromatic nitrogens is 1. The van der Waals surface area contributed by atoms with E-state index in [0.717, 1.165) is 17.1 Å². The zero-order chi connectivity index (χ0) is 11.4. The van der Waals surface area contributed by atoms with Gasteiger partial charge in [0.2, 0.25) is 0 Å². The molecule has 0 aliphatic heterocycles. The molecule has 0 amide bonds. The first kappa shape index (κ1) is 11.3. The highest BCUT2D eigenvalue weighted by atomic mass is 32.1. The predicted molar refractivity (Wildman–Crippen MR) is 68.8 cm³/mol. The Labute approximate surface area is 100 Å². The Balaban J connectivity index is 2.12. The van der Waals surface area contributed by atoms with E-state index in [0.29, 0.717) is 12.5 Å². The Morgan fingerprint density at radius 3 is 2.62 bits per heavy atom. The van der Waals surface area contributed by atoms with Crippen LogP contribution in [0.5, 0.6) is 0 Å². The molecular weight excluding hydrogens is 216 g/mol. The predicted octanol–water partition coefficient (Wildman–Crippen LogP) is 2.74. The number of thiazole rings is 1. The average molecular weight is 232 g/mol. The van der Waals surface area contributed by atoms with Gasteiger partial charge in [0, 0.05) is 11.3 Å². The molecule has 16 heavy (non-hydrogen) atoms. The molecule has 1 heterocycles. The van der Waals surface area contributed by atoms with Crippen LogP contribution in [0.3, 0.4) is 0 Å². The van der Waals surface area contributed by atoms with Crippen LogP contribution in [0.15, 0.2) is 35.7 Å². The van der Waals surface area contributed by atoms with Gasteiger partial charge in [0.05, 0.1) is 10.7 Å². The van der Waals surface area contributed by atoms with Crippen molar-refractivity contribution in [3.05, 3.63) is 52.0 Å². The molecule has 0 radical (unpaired) electrons. The molecule has 1 unspecified atom stereocenters. The van der Waals surface area contributed by atoms with Crippen molar-refractivity contribution in [3.63, 3.8) is 0 Å². The maximum absolute atomic E-state index is 5.84. The summed E-state index contributed by atoms with van der Waals surface area (Å²) >= 11 is 1.70. The van der Waals surface area contributed by atoms with Crippen molar-refractivity contribution >= 4 is 11.3 Å². The molecule has 0 saturated heterocycles. The van der Waals surface area contributed by atoms with Crippen LogP contribution in [0.25, 0.3) is 0 Å². The van der Waals surface area contributed by atoms with Crippen LogP contribution in [-0.2, 0) is 6.42 Å². The molecule has 0 spiro atoms. The lowest BCUT2D eigenvalue weighted by atomic mass is 9.95. The molecular formula is C13H16N2S. The lowest BCUT2D eigenvalue weighted by molar-refractivity contribution is 0.684. The number of nitrogens with two attached hydrogens (primary N) is 1. The lowest BCUT2D eigenvalue weighted by Gasteiger charge is -2.13. The quantitative estimate of drug-likeness (QED) is 0.880. The molecule has 3 heteroatoms. The van der Waals surface area contributed by atoms with Crippen LogP contribution in [-0.4, -0.2) is 11.5 Å². The molecule has 0 aliphatic rings. The summed E-state index contributed by atoms with van der Waals surface area (Å²) < 4.78 is 0. The van der Waals surface area contributed by atoms with Crippen molar-refractivity contribution in [1.82, 2.24) is 4.98 Å². The van der Waals surface area contributed by atoms with E-state index < -0.39 is 0 Å². The SMILES string of the molecule is Cc1nc(CC(CN)c2ccccc2)cs1. The molecule has 1 atom stereocenters. The Morgan fingerprint density at radius 1 is 1.31 bits per heavy atom. The second-order valence-corrected chi connectivity index (χ2v) is 4.97. The van der Waals surface area contributed by atoms with Crippen molar-refractivity contribution in [2.75, 3.05) is 6.54 Å². The molecule has 0 aliphatic carbocycles. The van der Waals surface area contributed by atoms with Gasteiger partial charge in [0.15, 0.2) is 0 Å². The van der Waals surface area contributed by atoms with E-state index in [9.17, 15) is 0 Å². The van der Waals surface area contributed by atoms with E-state index in [1.807, 2.05) is 13.0 Å². The van der Waals surface area contributed by atoms with E-state index >= 15 is 0 Å². The van der Waals surface area contributed by atoms with Gasteiger partial charge in [0.1, 0.15) is 0 Å². The number of nitrogens with zero attached hydrogens (tertiary/aromatic N) is 1. The van der Waals surface area contributed by atoms with Gasteiger partial charge in [0.25, 0.3) is 0 Å². The molecule has 0 saturated carbocycles. The first-order valence-corrected chi connectivity index (χ1v) is 6.33. The van der Waals surface area contributed by atoms with Crippen molar-refractivity contribution in [2.45, 2.75) is 19.3 Å². The van der Waals surface area contributed by atoms with E-state index in [-0.39, 0.29) is 0 Å². The Bertz CT molecular complexity index is 436. The average Bonchev–Trinajstić information content (AvgIpc) is 2.73. The highest BCUT2D eigenvalue weighted by Gasteiger charge is 2.11. The summed E-state index contributed by atoms with van der Waals surface area (Å²) in [7, 11) is 0. The third-order valence-electron chi connectivity index (χ3n) is 2.68. The molecule has 2 nitrogen and oxygen atoms in total. The van der Waals surface area contributed by atoms with Crippen molar-refractivity contribution in [2.24, 2.45) is 5.73 Å². The maximum Gasteiger partial charge on any atom is 0.0897 e. The summed E-state index contributed by atoms with van der Waals surface area (Å²) in [6.07, 6.45) is 0.935. The third kappa shape index (κ3) is 2.68. The minimum Gasteiger partial charge on any atom is -0.330 e. The number of hydrogen-bond donors (Lipinski definition) is 1. The topological polar surface area (TPSA) is 38.9 Å². The summed E-state index contributed by atoms with van der Waals surface area (Å²) in [5.74, 6) is 0.377. The number of rotatable bonds is 4. The molecule has 84 valence electrons. The van der Waals surface area contributed by atoms with Crippen LogP contribution < -0.4 is 5.73 Å². The largest absolute Gasteiger partial charge is 0.330 e. The Kier molecular flexibility index (Phi) is 3.70. The lowest BCUT2D eigenvalue weighted by Crippen LogP contribution is -2.15. The van der Waals surface area contributed by atoms with E-state index in [1.165, 1.54) is 5.56 Å². The van der Waals surface area contributed by atoms with Crippen LogP contribution in [0.1, 0.15) is 22.2 Å². The summed E-state index contributed by atoms with van der Waals surface area (Å²) in [5, 5.41) is 3.25. The Hall–Kier alpha value is -1.19. The molecule has 2 rings (SSSR count). The number of benzene rings is 1. The van der Waals surface area contributed by atoms with Crippen LogP contribution >= 0.6 is 11.3 Å². The molecule has 1 aromatic carbocycles. The number of hydrogen-bond acceptors (Lipinski definition) is 3. The molecule has 0 fully saturated rings. The standard InChI is InChI=1S/C13H16N2S/c1-10-15-13(9-16-10)7-12(8-14)11-5-3-2-4-6-11/h2-6,9,12H,7-8,14H2,1H3. The second kappa shape index (κ2) is 5.23. The van der Waals surface area contributed by atoms with E-state index in [2.05, 4.69) is 34.6 Å². The van der Waals surface area contributed by atoms with Gasteiger partial charge in [-0.1, -0.05) is 30.3 Å². The van der Waals surface area contributed by atoms with Gasteiger partial charge in [-0.2, -0.15) is 0 Å². The monoisotopic (exact) mass is 232 g/mol. The van der Waals surface area contributed by atoms with Crippen molar-refractivity contribution in [3.8, 4) is 0 Å². The fourth-order valence-corrected chi connectivity index (χ4v) is 2.44. The first-order valence-electron chi connectivity index (χ1n) is 5.45. The van der Waals surface area contributed by atoms with Gasteiger partial charge >= 0.3 is 0 Å². The van der Waals surface area contributed by atoms with Gasteiger partial charge in [-0.3, -0.25) is 0 Å². The third-order valence-corrected chi connectivity index (χ3v) is 3.50. The van der Waals surface area contributed by atoms with E-state index in [4.69, 9.17) is 5.73 Å². The van der Waals surface area contributed by atoms with Gasteiger partial charge in [-0.05, 0) is 25.5 Å². The van der Waals surface area contributed by atoms with E-state index in [1.54, 1.807) is 11.3 Å². The van der Waals surface area contributed by atoms with Gasteiger partial charge in [-0.15, -0.1) is 11.3 Å². The van der Waals surface area contributed by atoms with Gasteiger partial charge in [-0.25, -0.2) is 4.98 Å². The summed E-state index contributed by atoms with van der Waals surface area (Å²) in [5.41, 5.74) is 8.29. The highest BCUT2D eigenvalue weighted by Crippen LogP contribution is 2.20. The summed E-state index contributed by atoms with van der Waals surface area (Å²) in [4.78, 5) is 4.49. The van der Waals surface area contributed by atoms with Crippen molar-refractivity contribution in [1.29, 1.82) is 0 Å². The van der Waals surface area contributed by atoms with Crippen LogP contribution in [0.2, 0.25) is 0 Å². The summed E-state index contributed by atoms with van der Waals surface area (Å²) in [6, 6.07) is 10.4. The summed E-state index contributed by atoms with van der Waals surface area (Å²) in [6.45, 7) is 2.70. The molecule has 2 aromatic rings. The molecule has 1 aromatic heterocycles.